The van der Waals surface area contributed by atoms with E-state index in [1.807, 2.05) is 0 Å². The van der Waals surface area contributed by atoms with Crippen LogP contribution < -0.4 is 0 Å². The SMILES string of the molecule is CCCC/C=C\CCCCCCCC(=O)OC(CO)COP(=O)(O)OCC(COC(=O)CCCCCCCCCCCCCCCCCCCCC)OC(=O)CCCCCCCCCCC/C=C\C/C=C\CCCCC. The van der Waals surface area contributed by atoms with Gasteiger partial charge in [0, 0.05) is 19.3 Å². The fourth-order valence-corrected chi connectivity index (χ4v) is 9.92. The van der Waals surface area contributed by atoms with Gasteiger partial charge in [0.05, 0.1) is 19.8 Å². The van der Waals surface area contributed by atoms with Crippen molar-refractivity contribution in [1.29, 1.82) is 0 Å². The van der Waals surface area contributed by atoms with Gasteiger partial charge in [-0.2, -0.15) is 0 Å². The van der Waals surface area contributed by atoms with Crippen molar-refractivity contribution in [3.63, 3.8) is 0 Å². The van der Waals surface area contributed by atoms with Crippen LogP contribution >= 0.6 is 7.82 Å². The molecule has 0 aliphatic carbocycles. The largest absolute Gasteiger partial charge is 0.472 e. The van der Waals surface area contributed by atoms with Gasteiger partial charge in [-0.05, 0) is 70.6 Å². The number of rotatable bonds is 60. The highest BCUT2D eigenvalue weighted by molar-refractivity contribution is 7.47. The first kappa shape index (κ1) is 73.7. The highest BCUT2D eigenvalue weighted by atomic mass is 31.2. The van der Waals surface area contributed by atoms with E-state index in [-0.39, 0.29) is 25.9 Å². The molecule has 76 heavy (non-hydrogen) atoms. The van der Waals surface area contributed by atoms with Crippen molar-refractivity contribution < 1.29 is 52.2 Å². The number of phosphoric ester groups is 1. The van der Waals surface area contributed by atoms with E-state index in [4.69, 9.17) is 23.3 Å². The molecule has 0 aromatic heterocycles. The van der Waals surface area contributed by atoms with E-state index in [0.717, 1.165) is 89.9 Å². The Morgan fingerprint density at radius 1 is 0.368 bits per heavy atom. The molecule has 0 fully saturated rings. The van der Waals surface area contributed by atoms with Gasteiger partial charge in [-0.25, -0.2) is 4.57 Å². The van der Waals surface area contributed by atoms with Crippen LogP contribution in [0, 0.1) is 0 Å². The lowest BCUT2D eigenvalue weighted by atomic mass is 10.0. The van der Waals surface area contributed by atoms with Crippen molar-refractivity contribution in [2.75, 3.05) is 26.4 Å². The first-order valence-electron chi connectivity index (χ1n) is 31.9. The fraction of sp³-hybridized carbons (Fsp3) is 0.859. The maximum Gasteiger partial charge on any atom is 0.472 e. The maximum atomic E-state index is 12.9. The number of hydrogen-bond acceptors (Lipinski definition) is 10. The van der Waals surface area contributed by atoms with Crippen molar-refractivity contribution in [2.45, 2.75) is 328 Å². The molecule has 0 rings (SSSR count). The van der Waals surface area contributed by atoms with Crippen LogP contribution in [0.15, 0.2) is 36.5 Å². The molecule has 0 saturated heterocycles. The molecule has 0 bridgehead atoms. The van der Waals surface area contributed by atoms with E-state index in [1.165, 1.54) is 167 Å². The lowest BCUT2D eigenvalue weighted by Gasteiger charge is -2.21. The summed E-state index contributed by atoms with van der Waals surface area (Å²) in [5.74, 6) is -1.45. The molecular formula is C64H119O11P. The molecule has 0 aromatic rings. The molecular weight excluding hydrogens is 976 g/mol. The van der Waals surface area contributed by atoms with Crippen LogP contribution in [0.4, 0.5) is 0 Å². The minimum atomic E-state index is -4.75. The zero-order valence-corrected chi connectivity index (χ0v) is 50.4. The number of ether oxygens (including phenoxy) is 3. The number of esters is 3. The van der Waals surface area contributed by atoms with Crippen molar-refractivity contribution >= 4 is 25.7 Å². The number of carbonyl (C=O) groups is 3. The molecule has 12 heteroatoms. The summed E-state index contributed by atoms with van der Waals surface area (Å²) >= 11 is 0. The molecule has 3 unspecified atom stereocenters. The molecule has 2 N–H and O–H groups in total. The van der Waals surface area contributed by atoms with Crippen LogP contribution in [-0.4, -0.2) is 66.5 Å². The molecule has 0 spiro atoms. The predicted octanol–water partition coefficient (Wildman–Crippen LogP) is 19.2. The van der Waals surface area contributed by atoms with Crippen LogP contribution in [0.1, 0.15) is 316 Å². The Labute approximate surface area is 467 Å². The van der Waals surface area contributed by atoms with Crippen molar-refractivity contribution in [2.24, 2.45) is 0 Å². The third-order valence-electron chi connectivity index (χ3n) is 14.0. The summed E-state index contributed by atoms with van der Waals surface area (Å²) in [4.78, 5) is 48.7. The van der Waals surface area contributed by atoms with E-state index in [1.54, 1.807) is 0 Å². The Hall–Kier alpha value is -2.30. The van der Waals surface area contributed by atoms with E-state index in [2.05, 4.69) is 57.2 Å². The average molecular weight is 1100 g/mol. The minimum Gasteiger partial charge on any atom is -0.462 e. The van der Waals surface area contributed by atoms with Gasteiger partial charge >= 0.3 is 25.7 Å². The van der Waals surface area contributed by atoms with Gasteiger partial charge in [-0.15, -0.1) is 0 Å². The van der Waals surface area contributed by atoms with Crippen molar-refractivity contribution in [1.82, 2.24) is 0 Å². The van der Waals surface area contributed by atoms with Gasteiger partial charge in [0.2, 0.25) is 0 Å². The predicted molar refractivity (Wildman–Crippen MR) is 316 cm³/mol. The summed E-state index contributed by atoms with van der Waals surface area (Å²) in [5, 5.41) is 9.81. The summed E-state index contributed by atoms with van der Waals surface area (Å²) in [6, 6.07) is 0. The molecule has 3 atom stereocenters. The molecule has 0 aliphatic rings. The number of aliphatic hydroxyl groups is 1. The molecule has 0 aromatic carbocycles. The summed E-state index contributed by atoms with van der Waals surface area (Å²) in [6.45, 7) is 4.63. The zero-order chi connectivity index (χ0) is 55.5. The van der Waals surface area contributed by atoms with Gasteiger partial charge < -0.3 is 24.2 Å². The Morgan fingerprint density at radius 3 is 1.05 bits per heavy atom. The molecule has 0 aliphatic heterocycles. The van der Waals surface area contributed by atoms with E-state index in [9.17, 15) is 28.9 Å². The summed E-state index contributed by atoms with van der Waals surface area (Å²) in [7, 11) is -4.75. The number of allylic oxidation sites excluding steroid dienone is 6. The Kier molecular flexibility index (Phi) is 57.1. The van der Waals surface area contributed by atoms with E-state index >= 15 is 0 Å². The van der Waals surface area contributed by atoms with Gasteiger partial charge in [-0.3, -0.25) is 23.4 Å². The third-order valence-corrected chi connectivity index (χ3v) is 15.0. The Morgan fingerprint density at radius 2 is 0.658 bits per heavy atom. The monoisotopic (exact) mass is 1090 g/mol. The molecule has 0 heterocycles. The number of phosphoric acid groups is 1. The van der Waals surface area contributed by atoms with Gasteiger partial charge in [-0.1, -0.05) is 263 Å². The van der Waals surface area contributed by atoms with Crippen molar-refractivity contribution in [3.8, 4) is 0 Å². The number of aliphatic hydroxyl groups excluding tert-OH is 1. The summed E-state index contributed by atoms with van der Waals surface area (Å²) in [5.41, 5.74) is 0. The first-order chi connectivity index (χ1) is 37.2. The topological polar surface area (TPSA) is 155 Å². The third kappa shape index (κ3) is 56.4. The minimum absolute atomic E-state index is 0.166. The molecule has 0 saturated carbocycles. The number of carbonyl (C=O) groups excluding carboxylic acids is 3. The molecule has 0 radical (unpaired) electrons. The van der Waals surface area contributed by atoms with Gasteiger partial charge in [0.1, 0.15) is 12.7 Å². The number of hydrogen-bond donors (Lipinski definition) is 2. The number of unbranched alkanes of at least 4 members (excludes halogenated alkanes) is 37. The van der Waals surface area contributed by atoms with Crippen molar-refractivity contribution in [3.05, 3.63) is 36.5 Å². The standard InChI is InChI=1S/C64H119O11P/c1-4-7-10-13-16-19-22-24-26-28-30-32-34-36-39-41-44-47-50-53-62(66)71-57-61(75-64(68)55-52-49-46-43-40-37-35-33-31-29-27-25-23-20-17-14-11-8-5-2)59-73-76(69,70)72-58-60(56-65)74-63(67)54-51-48-45-42-38-21-18-15-12-9-6-3/h15,17-18,20,25,27,60-61,65H,4-14,16,19,21-24,26,28-59H2,1-3H3,(H,69,70)/b18-15-,20-17-,27-25-. The maximum absolute atomic E-state index is 12.9. The van der Waals surface area contributed by atoms with Crippen LogP contribution in [0.25, 0.3) is 0 Å². The highest BCUT2D eigenvalue weighted by Crippen LogP contribution is 2.43. The summed E-state index contributed by atoms with van der Waals surface area (Å²) < 4.78 is 39.6. The smallest absolute Gasteiger partial charge is 0.462 e. The molecule has 11 nitrogen and oxygen atoms in total. The lowest BCUT2D eigenvalue weighted by Crippen LogP contribution is -2.30. The second kappa shape index (κ2) is 58.8. The Bertz CT molecular complexity index is 1420. The van der Waals surface area contributed by atoms with Crippen LogP contribution in [0.3, 0.4) is 0 Å². The molecule has 0 amide bonds. The van der Waals surface area contributed by atoms with Crippen LogP contribution in [0.2, 0.25) is 0 Å². The Balaban J connectivity index is 4.66. The van der Waals surface area contributed by atoms with Gasteiger partial charge in [0.15, 0.2) is 6.10 Å². The fourth-order valence-electron chi connectivity index (χ4n) is 9.13. The second-order valence-electron chi connectivity index (χ2n) is 21.6. The average Bonchev–Trinajstić information content (AvgIpc) is 3.41. The summed E-state index contributed by atoms with van der Waals surface area (Å²) in [6.07, 6.45) is 62.5. The van der Waals surface area contributed by atoms with E-state index < -0.39 is 57.8 Å². The highest BCUT2D eigenvalue weighted by Gasteiger charge is 2.28. The normalized spacial score (nSPS) is 13.5. The molecule has 446 valence electrons. The second-order valence-corrected chi connectivity index (χ2v) is 23.0. The van der Waals surface area contributed by atoms with Crippen LogP contribution in [0.5, 0.6) is 0 Å². The quantitative estimate of drug-likeness (QED) is 0.0197. The zero-order valence-electron chi connectivity index (χ0n) is 49.5. The first-order valence-corrected chi connectivity index (χ1v) is 33.4. The lowest BCUT2D eigenvalue weighted by molar-refractivity contribution is -0.161. The van der Waals surface area contributed by atoms with E-state index in [0.29, 0.717) is 19.3 Å². The van der Waals surface area contributed by atoms with Crippen LogP contribution in [-0.2, 0) is 42.2 Å². The van der Waals surface area contributed by atoms with Gasteiger partial charge in [0.25, 0.3) is 0 Å².